The Bertz CT molecular complexity index is 1830. The summed E-state index contributed by atoms with van der Waals surface area (Å²) in [5.41, 5.74) is 3.46. The number of carbonyl (C=O) groups excluding carboxylic acids is 1. The van der Waals surface area contributed by atoms with Crippen molar-refractivity contribution in [1.29, 1.82) is 5.26 Å². The van der Waals surface area contributed by atoms with Crippen molar-refractivity contribution < 1.29 is 32.3 Å². The van der Waals surface area contributed by atoms with Crippen molar-refractivity contribution in [3.63, 3.8) is 0 Å². The van der Waals surface area contributed by atoms with Gasteiger partial charge in [-0.15, -0.1) is 0 Å². The molecule has 0 unspecified atom stereocenters. The average molecular weight is 754 g/mol. The largest absolute Gasteiger partial charge is 0.490 e. The van der Waals surface area contributed by atoms with E-state index < -0.39 is 42.2 Å². The van der Waals surface area contributed by atoms with Crippen molar-refractivity contribution in [3.05, 3.63) is 88.4 Å². The summed E-state index contributed by atoms with van der Waals surface area (Å²) in [6.07, 6.45) is 3.66. The molecular weight excluding hydrogens is 706 g/mol. The first kappa shape index (κ1) is 39.9. The third-order valence-corrected chi connectivity index (χ3v) is 15.4. The Hall–Kier alpha value is -3.89. The van der Waals surface area contributed by atoms with Gasteiger partial charge in [0.05, 0.1) is 30.4 Å². The topological polar surface area (TPSA) is 146 Å². The van der Waals surface area contributed by atoms with Crippen LogP contribution in [0.2, 0.25) is 23.2 Å². The van der Waals surface area contributed by atoms with Crippen molar-refractivity contribution in [2.75, 3.05) is 18.8 Å². The summed E-state index contributed by atoms with van der Waals surface area (Å²) in [4.78, 5) is 26.9. The van der Waals surface area contributed by atoms with Gasteiger partial charge in [0.25, 0.3) is 5.91 Å². The number of nitrogens with one attached hydrogen (secondary N) is 1. The van der Waals surface area contributed by atoms with Crippen LogP contribution in [0.1, 0.15) is 80.5 Å². The van der Waals surface area contributed by atoms with Crippen LogP contribution in [0.4, 0.5) is 4.79 Å². The van der Waals surface area contributed by atoms with Gasteiger partial charge >= 0.3 is 6.09 Å². The molecule has 0 heterocycles. The molecule has 0 spiro atoms. The first-order valence-electron chi connectivity index (χ1n) is 17.2. The Kier molecular flexibility index (Phi) is 13.4. The van der Waals surface area contributed by atoms with Crippen molar-refractivity contribution in [2.24, 2.45) is 0 Å². The summed E-state index contributed by atoms with van der Waals surface area (Å²) in [7, 11) is -6.39. The standard InChI is InChI=1S/C38H48ClN3O7SSi/c1-38(2,3)51(4,5)49-35(30-10-9-11-31(39)24-30)26-42(37(44)45)22-20-27-14-16-28(17-15-27)29-18-19-33(36(43)41-50(46,47)23-21-40)34(25-29)48-32-12-7-6-8-13-32/h9-11,14-19,24-25,32,35H,6-8,12-13,20,22-23,26H2,1-5H3,(H,41,43)(H,44,45)/t35-/m0/s1. The minimum absolute atomic E-state index is 0.0739. The van der Waals surface area contributed by atoms with Gasteiger partial charge in [-0.25, -0.2) is 17.9 Å². The number of rotatable bonds is 14. The quantitative estimate of drug-likeness (QED) is 0.156. The van der Waals surface area contributed by atoms with E-state index in [0.717, 1.165) is 54.4 Å². The second-order valence-electron chi connectivity index (χ2n) is 14.5. The number of amides is 2. The van der Waals surface area contributed by atoms with Crippen molar-refractivity contribution in [2.45, 2.75) is 89.6 Å². The fourth-order valence-electron chi connectivity index (χ4n) is 5.71. The number of carboxylic acid groups (broad SMARTS) is 1. The second kappa shape index (κ2) is 17.1. The SMILES string of the molecule is CC(C)(C)[Si](C)(C)O[C@@H](CN(CCc1ccc(-c2ccc(C(=O)NS(=O)(=O)CC#N)c(OC3CCCCC3)c2)cc1)C(=O)O)c1cccc(Cl)c1. The molecule has 3 aromatic rings. The third kappa shape index (κ3) is 11.3. The van der Waals surface area contributed by atoms with E-state index in [1.165, 1.54) is 11.0 Å². The van der Waals surface area contributed by atoms with Crippen LogP contribution < -0.4 is 9.46 Å². The predicted octanol–water partition coefficient (Wildman–Crippen LogP) is 8.59. The van der Waals surface area contributed by atoms with Crippen LogP contribution in [0, 0.1) is 11.3 Å². The summed E-state index contributed by atoms with van der Waals surface area (Å²) >= 11 is 6.32. The molecule has 0 bridgehead atoms. The molecule has 13 heteroatoms. The predicted molar refractivity (Wildman–Crippen MR) is 202 cm³/mol. The summed E-state index contributed by atoms with van der Waals surface area (Å²) in [6, 6.07) is 21.7. The van der Waals surface area contributed by atoms with Gasteiger partial charge in [-0.1, -0.05) is 81.3 Å². The molecule has 4 rings (SSSR count). The molecule has 1 aliphatic carbocycles. The van der Waals surface area contributed by atoms with Gasteiger partial charge in [0.1, 0.15) is 5.75 Å². The summed E-state index contributed by atoms with van der Waals surface area (Å²) in [5.74, 6) is -1.41. The minimum Gasteiger partial charge on any atom is -0.490 e. The zero-order valence-corrected chi connectivity index (χ0v) is 32.5. The lowest BCUT2D eigenvalue weighted by molar-refractivity contribution is 0.0969. The molecule has 10 nitrogen and oxygen atoms in total. The molecule has 51 heavy (non-hydrogen) atoms. The van der Waals surface area contributed by atoms with Gasteiger partial charge in [-0.2, -0.15) is 5.26 Å². The van der Waals surface area contributed by atoms with E-state index in [4.69, 9.17) is 26.0 Å². The van der Waals surface area contributed by atoms with E-state index in [0.29, 0.717) is 11.4 Å². The molecule has 0 saturated heterocycles. The van der Waals surface area contributed by atoms with Crippen LogP contribution in [-0.4, -0.2) is 63.7 Å². The highest BCUT2D eigenvalue weighted by molar-refractivity contribution is 7.90. The van der Waals surface area contributed by atoms with Gasteiger partial charge < -0.3 is 19.2 Å². The number of hydrogen-bond acceptors (Lipinski definition) is 7. The molecule has 0 radical (unpaired) electrons. The number of nitriles is 1. The Morgan fingerprint density at radius 2 is 1.71 bits per heavy atom. The van der Waals surface area contributed by atoms with E-state index in [1.54, 1.807) is 24.3 Å². The zero-order chi connectivity index (χ0) is 37.4. The van der Waals surface area contributed by atoms with Gasteiger partial charge in [-0.05, 0) is 96.8 Å². The van der Waals surface area contributed by atoms with Crippen LogP contribution in [0.3, 0.4) is 0 Å². The minimum atomic E-state index is -4.12. The van der Waals surface area contributed by atoms with Crippen molar-refractivity contribution in [3.8, 4) is 22.9 Å². The third-order valence-electron chi connectivity index (χ3n) is 9.65. The summed E-state index contributed by atoms with van der Waals surface area (Å²) < 4.78 is 39.3. The highest BCUT2D eigenvalue weighted by atomic mass is 35.5. The second-order valence-corrected chi connectivity index (χ2v) is 21.4. The number of hydrogen-bond donors (Lipinski definition) is 2. The smallest absolute Gasteiger partial charge is 0.407 e. The lowest BCUT2D eigenvalue weighted by Crippen LogP contribution is -2.45. The molecule has 1 atom stereocenters. The molecule has 1 aliphatic rings. The van der Waals surface area contributed by atoms with Crippen LogP contribution in [-0.2, 0) is 20.9 Å². The molecule has 274 valence electrons. The van der Waals surface area contributed by atoms with Gasteiger partial charge in [0, 0.05) is 11.6 Å². The molecule has 2 N–H and O–H groups in total. The highest BCUT2D eigenvalue weighted by Crippen LogP contribution is 2.40. The van der Waals surface area contributed by atoms with Gasteiger partial charge in [0.2, 0.25) is 10.0 Å². The number of carbonyl (C=O) groups is 2. The fraction of sp³-hybridized carbons (Fsp3) is 0.447. The number of ether oxygens (including phenoxy) is 1. The van der Waals surface area contributed by atoms with E-state index >= 15 is 0 Å². The van der Waals surface area contributed by atoms with Crippen LogP contribution in [0.15, 0.2) is 66.7 Å². The maximum atomic E-state index is 13.0. The van der Waals surface area contributed by atoms with E-state index in [9.17, 15) is 23.1 Å². The first-order chi connectivity index (χ1) is 24.0. The van der Waals surface area contributed by atoms with E-state index in [-0.39, 0.29) is 35.5 Å². The highest BCUT2D eigenvalue weighted by Gasteiger charge is 2.40. The fourth-order valence-corrected chi connectivity index (χ4v) is 7.82. The summed E-state index contributed by atoms with van der Waals surface area (Å²) in [6.45, 7) is 11.1. The first-order valence-corrected chi connectivity index (χ1v) is 22.1. The Balaban J connectivity index is 1.52. The maximum Gasteiger partial charge on any atom is 0.407 e. The Labute approximate surface area is 307 Å². The molecule has 1 saturated carbocycles. The van der Waals surface area contributed by atoms with Gasteiger partial charge in [-0.3, -0.25) is 4.79 Å². The molecule has 3 aromatic carbocycles. The molecular formula is C38H48ClN3O7SSi. The Morgan fingerprint density at radius 3 is 2.31 bits per heavy atom. The van der Waals surface area contributed by atoms with Crippen molar-refractivity contribution >= 4 is 41.9 Å². The molecule has 1 fully saturated rings. The lowest BCUT2D eigenvalue weighted by atomic mass is 9.97. The molecule has 0 aliphatic heterocycles. The number of benzene rings is 3. The zero-order valence-electron chi connectivity index (χ0n) is 29.9. The van der Waals surface area contributed by atoms with E-state index in [1.807, 2.05) is 47.2 Å². The number of nitrogens with zero attached hydrogens (tertiary/aromatic N) is 2. The van der Waals surface area contributed by atoms with Gasteiger partial charge in [0.15, 0.2) is 14.1 Å². The number of sulfonamides is 1. The van der Waals surface area contributed by atoms with Crippen LogP contribution >= 0.6 is 11.6 Å². The maximum absolute atomic E-state index is 13.0. The Morgan fingerprint density at radius 1 is 1.04 bits per heavy atom. The van der Waals surface area contributed by atoms with Crippen molar-refractivity contribution in [1.82, 2.24) is 9.62 Å². The monoisotopic (exact) mass is 753 g/mol. The van der Waals surface area contributed by atoms with Crippen LogP contribution in [0.5, 0.6) is 5.75 Å². The summed E-state index contributed by atoms with van der Waals surface area (Å²) in [5, 5.41) is 19.5. The normalized spacial score (nSPS) is 14.7. The van der Waals surface area contributed by atoms with E-state index in [2.05, 4.69) is 33.9 Å². The molecule has 2 amide bonds. The number of halogens is 1. The molecule has 0 aromatic heterocycles. The average Bonchev–Trinajstić information content (AvgIpc) is 3.05. The lowest BCUT2D eigenvalue weighted by Gasteiger charge is -2.40. The van der Waals surface area contributed by atoms with Crippen LogP contribution in [0.25, 0.3) is 11.1 Å².